The molecule has 0 aliphatic heterocycles. The van der Waals surface area contributed by atoms with Crippen molar-refractivity contribution in [2.24, 2.45) is 0 Å². The van der Waals surface area contributed by atoms with Gasteiger partial charge in [-0.05, 0) is 56.2 Å². The zero-order chi connectivity index (χ0) is 21.3. The number of nitrogens with one attached hydrogen (secondary N) is 1. The first kappa shape index (κ1) is 23.9. The molecule has 0 heterocycles. The number of hydrogen-bond acceptors (Lipinski definition) is 1. The largest absolute Gasteiger partial charge is 0.379 e. The Kier molecular flexibility index (Phi) is 9.37. The Morgan fingerprint density at radius 3 is 2.21 bits per heavy atom. The summed E-state index contributed by atoms with van der Waals surface area (Å²) < 4.78 is 25.9. The maximum Gasteiger partial charge on any atom is 0.245 e. The van der Waals surface area contributed by atoms with Gasteiger partial charge in [0, 0.05) is 18.2 Å². The van der Waals surface area contributed by atoms with Crippen LogP contribution in [0, 0.1) is 0 Å². The lowest BCUT2D eigenvalue weighted by Gasteiger charge is -2.18. The second-order valence-electron chi connectivity index (χ2n) is 7.82. The van der Waals surface area contributed by atoms with E-state index in [1.807, 2.05) is 32.1 Å². The summed E-state index contributed by atoms with van der Waals surface area (Å²) in [7, 11) is 0. The van der Waals surface area contributed by atoms with Crippen molar-refractivity contribution in [1.29, 1.82) is 0 Å². The number of benzene rings is 1. The van der Waals surface area contributed by atoms with Crippen LogP contribution in [0.3, 0.4) is 0 Å². The first-order valence-electron chi connectivity index (χ1n) is 9.99. The van der Waals surface area contributed by atoms with E-state index in [0.29, 0.717) is 18.8 Å². The van der Waals surface area contributed by atoms with Crippen LogP contribution in [0.2, 0.25) is 0 Å². The fourth-order valence-corrected chi connectivity index (χ4v) is 2.79. The highest BCUT2D eigenvalue weighted by molar-refractivity contribution is 5.62. The lowest BCUT2D eigenvalue weighted by Crippen LogP contribution is -2.25. The van der Waals surface area contributed by atoms with E-state index in [4.69, 9.17) is 0 Å². The van der Waals surface area contributed by atoms with Crippen LogP contribution in [0.25, 0.3) is 5.70 Å². The Balaban J connectivity index is 2.58. The molecule has 0 radical (unpaired) electrons. The van der Waals surface area contributed by atoms with Gasteiger partial charge < -0.3 is 5.32 Å². The molecule has 0 spiro atoms. The molecule has 1 atom stereocenters. The van der Waals surface area contributed by atoms with Gasteiger partial charge in [0.1, 0.15) is 0 Å². The predicted molar refractivity (Wildman–Crippen MR) is 119 cm³/mol. The highest BCUT2D eigenvalue weighted by Gasteiger charge is 2.19. The maximum absolute atomic E-state index is 13.0. The zero-order valence-corrected chi connectivity index (χ0v) is 18.0. The Morgan fingerprint density at radius 1 is 1.11 bits per heavy atom. The van der Waals surface area contributed by atoms with Gasteiger partial charge >= 0.3 is 0 Å². The minimum absolute atomic E-state index is 0.0200. The highest BCUT2D eigenvalue weighted by atomic mass is 19.3. The van der Waals surface area contributed by atoms with E-state index >= 15 is 0 Å². The van der Waals surface area contributed by atoms with Gasteiger partial charge in [-0.1, -0.05) is 75.1 Å². The third-order valence-electron chi connectivity index (χ3n) is 4.84. The molecule has 0 aliphatic rings. The van der Waals surface area contributed by atoms with Crippen molar-refractivity contribution in [2.75, 3.05) is 0 Å². The summed E-state index contributed by atoms with van der Waals surface area (Å²) in [5.74, 6) is -2.10. The molecule has 0 bridgehead atoms. The van der Waals surface area contributed by atoms with E-state index in [0.717, 1.165) is 29.3 Å². The standard InChI is InChI=1S/C25H35F2N/c1-8-22(10-9-17-25(7,26)27)12-11-19(4)20(5)28-21(6)24-15-13-23(14-16-24)18(2)3/h8,11-16,18,20,28H,4,6,9-10,17H2,1-3,5,7H3/b12-11-,22-8-. The second kappa shape index (κ2) is 11.0. The lowest BCUT2D eigenvalue weighted by molar-refractivity contribution is 0.0111. The van der Waals surface area contributed by atoms with Crippen LogP contribution in [0.15, 0.2) is 66.8 Å². The fourth-order valence-electron chi connectivity index (χ4n) is 2.79. The average molecular weight is 388 g/mol. The van der Waals surface area contributed by atoms with Gasteiger partial charge in [0.15, 0.2) is 0 Å². The molecule has 0 saturated carbocycles. The van der Waals surface area contributed by atoms with Gasteiger partial charge in [0.05, 0.1) is 0 Å². The summed E-state index contributed by atoms with van der Waals surface area (Å²) in [6.45, 7) is 17.5. The van der Waals surface area contributed by atoms with Gasteiger partial charge in [-0.25, -0.2) is 8.78 Å². The molecule has 0 saturated heterocycles. The number of hydrogen-bond donors (Lipinski definition) is 1. The molecule has 1 rings (SSSR count). The van der Waals surface area contributed by atoms with Crippen LogP contribution in [-0.2, 0) is 0 Å². The molecule has 0 fully saturated rings. The molecule has 1 unspecified atom stereocenters. The Bertz CT molecular complexity index is 703. The third-order valence-corrected chi connectivity index (χ3v) is 4.84. The van der Waals surface area contributed by atoms with Crippen molar-refractivity contribution in [3.8, 4) is 0 Å². The van der Waals surface area contributed by atoms with Gasteiger partial charge in [0.2, 0.25) is 5.92 Å². The third kappa shape index (κ3) is 8.69. The van der Waals surface area contributed by atoms with Crippen molar-refractivity contribution in [2.45, 2.75) is 71.8 Å². The fraction of sp³-hybridized carbons (Fsp3) is 0.440. The Morgan fingerprint density at radius 2 is 1.71 bits per heavy atom. The van der Waals surface area contributed by atoms with Crippen LogP contribution < -0.4 is 5.32 Å². The number of alkyl halides is 2. The molecule has 1 aromatic rings. The van der Waals surface area contributed by atoms with Crippen molar-refractivity contribution in [1.82, 2.24) is 5.32 Å². The molecule has 1 aromatic carbocycles. The van der Waals surface area contributed by atoms with Gasteiger partial charge in [-0.15, -0.1) is 0 Å². The van der Waals surface area contributed by atoms with Crippen LogP contribution in [-0.4, -0.2) is 12.0 Å². The van der Waals surface area contributed by atoms with E-state index in [2.05, 4.69) is 56.6 Å². The first-order valence-corrected chi connectivity index (χ1v) is 9.99. The average Bonchev–Trinajstić information content (AvgIpc) is 2.63. The molecule has 0 aliphatic carbocycles. The van der Waals surface area contributed by atoms with Gasteiger partial charge in [0.25, 0.3) is 0 Å². The number of allylic oxidation sites excluding steroid dienone is 3. The van der Waals surface area contributed by atoms with Crippen molar-refractivity contribution < 1.29 is 8.78 Å². The van der Waals surface area contributed by atoms with Crippen molar-refractivity contribution >= 4 is 5.70 Å². The van der Waals surface area contributed by atoms with Crippen molar-refractivity contribution in [3.63, 3.8) is 0 Å². The van der Waals surface area contributed by atoms with E-state index in [-0.39, 0.29) is 12.5 Å². The molecule has 28 heavy (non-hydrogen) atoms. The summed E-state index contributed by atoms with van der Waals surface area (Å²) in [6, 6.07) is 8.44. The lowest BCUT2D eigenvalue weighted by atomic mass is 10.0. The van der Waals surface area contributed by atoms with E-state index in [1.54, 1.807) is 0 Å². The topological polar surface area (TPSA) is 12.0 Å². The number of halogens is 2. The summed E-state index contributed by atoms with van der Waals surface area (Å²) >= 11 is 0. The van der Waals surface area contributed by atoms with Crippen LogP contribution in [0.4, 0.5) is 8.78 Å². The molecule has 1 N–H and O–H groups in total. The highest BCUT2D eigenvalue weighted by Crippen LogP contribution is 2.22. The van der Waals surface area contributed by atoms with E-state index in [1.165, 1.54) is 5.56 Å². The first-order chi connectivity index (χ1) is 13.0. The monoisotopic (exact) mass is 387 g/mol. The molecule has 154 valence electrons. The van der Waals surface area contributed by atoms with Crippen LogP contribution in [0.1, 0.15) is 70.9 Å². The predicted octanol–water partition coefficient (Wildman–Crippen LogP) is 7.64. The molecule has 0 aromatic heterocycles. The minimum Gasteiger partial charge on any atom is -0.379 e. The second-order valence-corrected chi connectivity index (χ2v) is 7.82. The van der Waals surface area contributed by atoms with Gasteiger partial charge in [-0.3, -0.25) is 0 Å². The summed E-state index contributed by atoms with van der Waals surface area (Å²) in [6.07, 6.45) is 6.90. The minimum atomic E-state index is -2.60. The SMILES string of the molecule is C=C(NC(C)C(=C)/C=C\C(=C/C)CCCC(C)(F)F)c1ccc(C(C)C)cc1. The molecule has 1 nitrogen and oxygen atoms in total. The molecular formula is C25H35F2N. The molecule has 3 heteroatoms. The van der Waals surface area contributed by atoms with Gasteiger partial charge in [-0.2, -0.15) is 0 Å². The quantitative estimate of drug-likeness (QED) is 0.385. The molecule has 0 amide bonds. The maximum atomic E-state index is 13.0. The normalized spacial score (nSPS) is 13.8. The Hall–Kier alpha value is -2.16. The number of rotatable bonds is 11. The van der Waals surface area contributed by atoms with Crippen LogP contribution >= 0.6 is 0 Å². The van der Waals surface area contributed by atoms with E-state index < -0.39 is 5.92 Å². The summed E-state index contributed by atoms with van der Waals surface area (Å²) in [5, 5.41) is 3.39. The Labute approximate surface area is 169 Å². The smallest absolute Gasteiger partial charge is 0.245 e. The van der Waals surface area contributed by atoms with E-state index in [9.17, 15) is 8.78 Å². The van der Waals surface area contributed by atoms with Crippen LogP contribution in [0.5, 0.6) is 0 Å². The molecular weight excluding hydrogens is 352 g/mol. The summed E-state index contributed by atoms with van der Waals surface area (Å²) in [5.41, 5.74) is 5.17. The van der Waals surface area contributed by atoms with Crippen molar-refractivity contribution in [3.05, 3.63) is 77.9 Å². The summed E-state index contributed by atoms with van der Waals surface area (Å²) in [4.78, 5) is 0. The zero-order valence-electron chi connectivity index (χ0n) is 18.0.